The Kier molecular flexibility index (Phi) is 16.5. The predicted molar refractivity (Wildman–Crippen MR) is 233 cm³/mol. The largest absolute Gasteiger partial charge is 0.461 e. The van der Waals surface area contributed by atoms with E-state index in [2.05, 4.69) is 92.2 Å². The minimum absolute atomic E-state index is 0.0190. The Balaban J connectivity index is 1.05. The standard InChI is InChI=1S/C47H71BN4O7/c1-8-9-12-33-14-18-35(19-15-33)36-20-16-34(17-21-36)29-50-24-22-43(56)52-44(32(4)53)40(55)25-30(2)45(57)51-38(13-10-11-23-49)39(54)26-31(3)48-58-42-28-37-27-41(46(37,5)6)47(42,7)59-48/h14-21,30-32,37-38,41-42,44,50,53H,8-13,22-29,49H2,1-7H3,(H,51,57)(H,52,56)/t30-,31-,32-,37+,38+,41+,42?,44+,47+/m1/s1. The minimum Gasteiger partial charge on any atom is -0.405 e. The number of benzene rings is 2. The number of aryl methyl sites for hydroxylation is 1. The van der Waals surface area contributed by atoms with Crippen molar-refractivity contribution in [3.05, 3.63) is 59.7 Å². The Bertz CT molecular complexity index is 1720. The fourth-order valence-electron chi connectivity index (χ4n) is 9.55. The smallest absolute Gasteiger partial charge is 0.405 e. The zero-order chi connectivity index (χ0) is 42.9. The van der Waals surface area contributed by atoms with Crippen LogP contribution >= 0.6 is 0 Å². The average Bonchev–Trinajstić information content (AvgIpc) is 3.58. The summed E-state index contributed by atoms with van der Waals surface area (Å²) in [6.07, 6.45) is 6.33. The van der Waals surface area contributed by atoms with Gasteiger partial charge < -0.3 is 36.1 Å². The van der Waals surface area contributed by atoms with Gasteiger partial charge in [0.25, 0.3) is 0 Å². The van der Waals surface area contributed by atoms with E-state index in [0.29, 0.717) is 50.7 Å². The summed E-state index contributed by atoms with van der Waals surface area (Å²) in [4.78, 5) is 53.5. The van der Waals surface area contributed by atoms with Crippen molar-refractivity contribution in [3.8, 4) is 11.1 Å². The number of Topliss-reactive ketones (excluding diaryl/α,β-unsaturated/α-hetero) is 2. The molecule has 9 atom stereocenters. The third-order valence-corrected chi connectivity index (χ3v) is 13.6. The maximum absolute atomic E-state index is 13.8. The first-order valence-corrected chi connectivity index (χ1v) is 22.3. The number of ketones is 2. The molecule has 6 rings (SSSR count). The highest BCUT2D eigenvalue weighted by atomic mass is 16.7. The Morgan fingerprint density at radius 2 is 1.54 bits per heavy atom. The van der Waals surface area contributed by atoms with Gasteiger partial charge in [-0.2, -0.15) is 0 Å². The molecule has 11 nitrogen and oxygen atoms in total. The lowest BCUT2D eigenvalue weighted by atomic mass is 9.43. The summed E-state index contributed by atoms with van der Waals surface area (Å²) in [5.74, 6) is -1.33. The van der Waals surface area contributed by atoms with Gasteiger partial charge in [0.1, 0.15) is 6.04 Å². The molecule has 4 fully saturated rings. The highest BCUT2D eigenvalue weighted by molar-refractivity contribution is 6.47. The van der Waals surface area contributed by atoms with E-state index in [-0.39, 0.29) is 53.9 Å². The van der Waals surface area contributed by atoms with E-state index < -0.39 is 42.9 Å². The second kappa shape index (κ2) is 20.9. The molecule has 1 heterocycles. The Morgan fingerprint density at radius 1 is 0.881 bits per heavy atom. The fraction of sp³-hybridized carbons (Fsp3) is 0.660. The van der Waals surface area contributed by atoms with Crippen LogP contribution in [0.4, 0.5) is 0 Å². The van der Waals surface area contributed by atoms with Crippen LogP contribution in [0.5, 0.6) is 0 Å². The summed E-state index contributed by atoms with van der Waals surface area (Å²) < 4.78 is 13.1. The number of hydrogen-bond donors (Lipinski definition) is 5. The maximum Gasteiger partial charge on any atom is 0.461 e. The van der Waals surface area contributed by atoms with Crippen molar-refractivity contribution >= 4 is 30.5 Å². The lowest BCUT2D eigenvalue weighted by molar-refractivity contribution is -0.199. The lowest BCUT2D eigenvalue weighted by Gasteiger charge is -2.64. The second-order valence-corrected chi connectivity index (χ2v) is 18.6. The molecule has 1 unspecified atom stereocenters. The predicted octanol–water partition coefficient (Wildman–Crippen LogP) is 6.33. The number of hydrogen-bond acceptors (Lipinski definition) is 9. The van der Waals surface area contributed by atoms with Crippen LogP contribution in [0.25, 0.3) is 11.1 Å². The Labute approximate surface area is 353 Å². The van der Waals surface area contributed by atoms with Crippen LogP contribution in [0, 0.1) is 23.2 Å². The van der Waals surface area contributed by atoms with E-state index in [1.807, 2.05) is 6.92 Å². The first-order chi connectivity index (χ1) is 28.1. The molecule has 12 heteroatoms. The van der Waals surface area contributed by atoms with E-state index >= 15 is 0 Å². The van der Waals surface area contributed by atoms with E-state index in [4.69, 9.17) is 15.0 Å². The fourth-order valence-corrected chi connectivity index (χ4v) is 9.55. The minimum atomic E-state index is -1.16. The van der Waals surface area contributed by atoms with Gasteiger partial charge in [0.05, 0.1) is 23.9 Å². The van der Waals surface area contributed by atoms with Gasteiger partial charge >= 0.3 is 7.12 Å². The first kappa shape index (κ1) is 46.6. The molecule has 2 aromatic rings. The number of amides is 2. The zero-order valence-electron chi connectivity index (χ0n) is 36.7. The van der Waals surface area contributed by atoms with Gasteiger partial charge in [-0.1, -0.05) is 89.6 Å². The van der Waals surface area contributed by atoms with Crippen LogP contribution in [0.2, 0.25) is 5.82 Å². The molecule has 2 bridgehead atoms. The van der Waals surface area contributed by atoms with E-state index in [9.17, 15) is 24.3 Å². The number of nitrogens with two attached hydrogens (primary N) is 1. The molecular formula is C47H71BN4O7. The molecule has 324 valence electrons. The number of carbonyl (C=O) groups is 4. The molecule has 2 aromatic carbocycles. The number of rotatable bonds is 24. The normalized spacial score (nSPS) is 24.2. The van der Waals surface area contributed by atoms with Crippen LogP contribution in [-0.4, -0.2) is 78.6 Å². The molecule has 0 spiro atoms. The van der Waals surface area contributed by atoms with Crippen molar-refractivity contribution in [1.82, 2.24) is 16.0 Å². The number of aliphatic hydroxyl groups is 1. The van der Waals surface area contributed by atoms with Crippen molar-refractivity contribution < 1.29 is 33.6 Å². The average molecular weight is 815 g/mol. The van der Waals surface area contributed by atoms with Gasteiger partial charge in [-0.3, -0.25) is 19.2 Å². The van der Waals surface area contributed by atoms with Crippen LogP contribution in [0.1, 0.15) is 124 Å². The van der Waals surface area contributed by atoms with Gasteiger partial charge in [-0.05, 0) is 111 Å². The number of aliphatic hydroxyl groups excluding tert-OH is 1. The second-order valence-electron chi connectivity index (χ2n) is 18.6. The zero-order valence-corrected chi connectivity index (χ0v) is 36.7. The number of nitrogens with one attached hydrogen (secondary N) is 3. The lowest BCUT2D eigenvalue weighted by Crippen LogP contribution is -2.65. The molecular weight excluding hydrogens is 743 g/mol. The molecule has 59 heavy (non-hydrogen) atoms. The highest BCUT2D eigenvalue weighted by Gasteiger charge is 2.68. The van der Waals surface area contributed by atoms with Crippen LogP contribution in [-0.2, 0) is 41.5 Å². The van der Waals surface area contributed by atoms with Gasteiger partial charge in [0.2, 0.25) is 11.8 Å². The van der Waals surface area contributed by atoms with Crippen molar-refractivity contribution in [2.24, 2.45) is 28.9 Å². The molecule has 6 N–H and O–H groups in total. The van der Waals surface area contributed by atoms with Crippen molar-refractivity contribution in [3.63, 3.8) is 0 Å². The van der Waals surface area contributed by atoms with E-state index in [1.54, 1.807) is 6.92 Å². The van der Waals surface area contributed by atoms with Crippen molar-refractivity contribution in [2.75, 3.05) is 13.1 Å². The van der Waals surface area contributed by atoms with Gasteiger partial charge in [-0.15, -0.1) is 0 Å². The van der Waals surface area contributed by atoms with Crippen LogP contribution in [0.3, 0.4) is 0 Å². The van der Waals surface area contributed by atoms with E-state index in [1.165, 1.54) is 30.9 Å². The molecule has 1 aliphatic heterocycles. The van der Waals surface area contributed by atoms with Crippen LogP contribution in [0.15, 0.2) is 48.5 Å². The summed E-state index contributed by atoms with van der Waals surface area (Å²) in [5.41, 5.74) is 10.4. The third-order valence-electron chi connectivity index (χ3n) is 13.6. The molecule has 0 aromatic heterocycles. The maximum atomic E-state index is 13.8. The molecule has 4 aliphatic rings. The topological polar surface area (TPSA) is 169 Å². The monoisotopic (exact) mass is 815 g/mol. The SMILES string of the molecule is CCCCc1ccc(-c2ccc(CNCCC(=O)N[C@H](C(=O)C[C@@H](C)C(=O)N[C@@H](CCCCN)C(=O)C[C@@H](C)B3OC4C[C@@H]5C[C@@H](C5(C)C)[C@]4(C)O3)[C@@H](C)O)cc2)cc1. The molecule has 0 radical (unpaired) electrons. The number of unbranched alkanes of at least 4 members (excludes halogenated alkanes) is 2. The Morgan fingerprint density at radius 3 is 2.15 bits per heavy atom. The molecule has 1 saturated heterocycles. The highest BCUT2D eigenvalue weighted by Crippen LogP contribution is 2.66. The van der Waals surface area contributed by atoms with Gasteiger partial charge in [0, 0.05) is 38.3 Å². The van der Waals surface area contributed by atoms with Gasteiger partial charge in [-0.25, -0.2) is 0 Å². The van der Waals surface area contributed by atoms with Crippen molar-refractivity contribution in [2.45, 2.75) is 161 Å². The quantitative estimate of drug-likeness (QED) is 0.0601. The number of carbonyl (C=O) groups excluding carboxylic acids is 4. The summed E-state index contributed by atoms with van der Waals surface area (Å²) in [7, 11) is -0.494. The summed E-state index contributed by atoms with van der Waals surface area (Å²) in [5, 5.41) is 19.3. The molecule has 3 aliphatic carbocycles. The van der Waals surface area contributed by atoms with Gasteiger partial charge in [0.15, 0.2) is 11.6 Å². The molecule has 3 saturated carbocycles. The summed E-state index contributed by atoms with van der Waals surface area (Å²) in [6, 6.07) is 15.1. The first-order valence-electron chi connectivity index (χ1n) is 22.3. The summed E-state index contributed by atoms with van der Waals surface area (Å²) in [6.45, 7) is 15.5. The van der Waals surface area contributed by atoms with E-state index in [0.717, 1.165) is 30.4 Å². The Hall–Kier alpha value is -3.42. The molecule has 2 amide bonds. The van der Waals surface area contributed by atoms with Crippen molar-refractivity contribution in [1.29, 1.82) is 0 Å². The third kappa shape index (κ3) is 11.7. The summed E-state index contributed by atoms with van der Waals surface area (Å²) >= 11 is 0. The van der Waals surface area contributed by atoms with Crippen LogP contribution < -0.4 is 21.7 Å².